The van der Waals surface area contributed by atoms with E-state index in [0.717, 1.165) is 16.1 Å². The fraction of sp³-hybridized carbons (Fsp3) is 0.143. The van der Waals surface area contributed by atoms with Crippen LogP contribution in [0, 0.1) is 0 Å². The maximum absolute atomic E-state index is 12.8. The second-order valence-electron chi connectivity index (χ2n) is 6.39. The van der Waals surface area contributed by atoms with Crippen molar-refractivity contribution in [2.45, 2.75) is 13.5 Å². The van der Waals surface area contributed by atoms with Crippen LogP contribution in [0.2, 0.25) is 0 Å². The molecule has 0 spiro atoms. The highest BCUT2D eigenvalue weighted by atomic mass is 16.2. The van der Waals surface area contributed by atoms with Crippen LogP contribution >= 0.6 is 0 Å². The largest absolute Gasteiger partial charge is 0.352 e. The lowest BCUT2D eigenvalue weighted by molar-refractivity contribution is -0.119. The van der Waals surface area contributed by atoms with E-state index in [1.54, 1.807) is 17.2 Å². The summed E-state index contributed by atoms with van der Waals surface area (Å²) >= 11 is 0. The summed E-state index contributed by atoms with van der Waals surface area (Å²) in [6.45, 7) is 2.22. The van der Waals surface area contributed by atoms with Gasteiger partial charge in [0.1, 0.15) is 12.4 Å². The molecule has 0 saturated carbocycles. The predicted octanol–water partition coefficient (Wildman–Crippen LogP) is 2.69. The number of nitrogens with zero attached hydrogens (tertiary/aromatic N) is 5. The van der Waals surface area contributed by atoms with Gasteiger partial charge in [0.2, 0.25) is 5.91 Å². The lowest BCUT2D eigenvalue weighted by Crippen LogP contribution is -2.36. The van der Waals surface area contributed by atoms with Crippen LogP contribution in [0.4, 0.5) is 17.2 Å². The fourth-order valence-electron chi connectivity index (χ4n) is 3.07. The summed E-state index contributed by atoms with van der Waals surface area (Å²) in [5, 5.41) is 7.40. The van der Waals surface area contributed by atoms with Gasteiger partial charge in [-0.1, -0.05) is 36.4 Å². The Morgan fingerprint density at radius 1 is 1.03 bits per heavy atom. The molecule has 1 amide bonds. The first kappa shape index (κ1) is 18.4. The summed E-state index contributed by atoms with van der Waals surface area (Å²) in [6, 6.07) is 20.6. The molecule has 2 aromatic heterocycles. The van der Waals surface area contributed by atoms with Gasteiger partial charge < -0.3 is 10.2 Å². The zero-order chi connectivity index (χ0) is 20.2. The zero-order valence-electron chi connectivity index (χ0n) is 15.9. The van der Waals surface area contributed by atoms with Crippen LogP contribution in [0.3, 0.4) is 0 Å². The van der Waals surface area contributed by atoms with Gasteiger partial charge in [-0.05, 0) is 37.3 Å². The van der Waals surface area contributed by atoms with Crippen molar-refractivity contribution < 1.29 is 4.79 Å². The highest BCUT2D eigenvalue weighted by Gasteiger charge is 2.17. The number of nitrogens with one attached hydrogen (secondary N) is 1. The van der Waals surface area contributed by atoms with Crippen LogP contribution in [-0.4, -0.2) is 31.6 Å². The predicted molar refractivity (Wildman–Crippen MR) is 111 cm³/mol. The SMILES string of the molecule is CCN(C(=O)Cn1nc2nc(Nc3ccccc3)ccn2c1=O)c1ccccc1. The average Bonchev–Trinajstić information content (AvgIpc) is 3.05. The number of likely N-dealkylation sites (N-methyl/N-ethyl adjacent to an activating group) is 1. The minimum atomic E-state index is -0.406. The van der Waals surface area contributed by atoms with E-state index >= 15 is 0 Å². The average molecular weight is 388 g/mol. The fourth-order valence-corrected chi connectivity index (χ4v) is 3.07. The third kappa shape index (κ3) is 3.86. The summed E-state index contributed by atoms with van der Waals surface area (Å²) in [5.74, 6) is 0.574. The van der Waals surface area contributed by atoms with Gasteiger partial charge in [0.25, 0.3) is 5.78 Å². The summed E-state index contributed by atoms with van der Waals surface area (Å²) in [4.78, 5) is 31.4. The van der Waals surface area contributed by atoms with E-state index in [2.05, 4.69) is 15.4 Å². The molecule has 4 aromatic rings. The number of hydrogen-bond acceptors (Lipinski definition) is 5. The van der Waals surface area contributed by atoms with Crippen molar-refractivity contribution in [1.82, 2.24) is 19.2 Å². The molecule has 0 saturated heterocycles. The van der Waals surface area contributed by atoms with Crippen molar-refractivity contribution >= 4 is 28.9 Å². The Morgan fingerprint density at radius 3 is 2.41 bits per heavy atom. The van der Waals surface area contributed by atoms with Crippen molar-refractivity contribution in [2.24, 2.45) is 0 Å². The molecule has 0 aliphatic carbocycles. The van der Waals surface area contributed by atoms with Gasteiger partial charge in [0.15, 0.2) is 0 Å². The van der Waals surface area contributed by atoms with E-state index in [0.29, 0.717) is 12.4 Å². The molecule has 0 aliphatic rings. The van der Waals surface area contributed by atoms with Crippen molar-refractivity contribution in [1.29, 1.82) is 0 Å². The highest BCUT2D eigenvalue weighted by molar-refractivity contribution is 5.93. The molecule has 146 valence electrons. The van der Waals surface area contributed by atoms with E-state index < -0.39 is 5.69 Å². The molecular weight excluding hydrogens is 368 g/mol. The molecule has 2 heterocycles. The molecule has 4 rings (SSSR count). The topological polar surface area (TPSA) is 84.5 Å². The number of fused-ring (bicyclic) bond motifs is 1. The van der Waals surface area contributed by atoms with Gasteiger partial charge in [-0.15, -0.1) is 5.10 Å². The van der Waals surface area contributed by atoms with Gasteiger partial charge in [-0.3, -0.25) is 4.79 Å². The third-order valence-corrected chi connectivity index (χ3v) is 4.47. The number of rotatable bonds is 6. The molecular formula is C21H20N6O2. The van der Waals surface area contributed by atoms with Gasteiger partial charge in [0.05, 0.1) is 0 Å². The van der Waals surface area contributed by atoms with E-state index in [-0.39, 0.29) is 18.2 Å². The Bertz CT molecular complexity index is 1180. The molecule has 0 unspecified atom stereocenters. The van der Waals surface area contributed by atoms with Crippen molar-refractivity contribution in [3.63, 3.8) is 0 Å². The first-order valence-corrected chi connectivity index (χ1v) is 9.29. The highest BCUT2D eigenvalue weighted by Crippen LogP contribution is 2.15. The standard InChI is InChI=1S/C21H20N6O2/c1-2-25(17-11-7-4-8-12-17)19(28)15-27-21(29)26-14-13-18(23-20(26)24-27)22-16-9-5-3-6-10-16/h3-14H,2,15H2,1H3,(H,22,23,24). The molecule has 0 aliphatic heterocycles. The third-order valence-electron chi connectivity index (χ3n) is 4.47. The molecule has 2 aromatic carbocycles. The van der Waals surface area contributed by atoms with Gasteiger partial charge in [0, 0.05) is 24.1 Å². The molecule has 8 heteroatoms. The second-order valence-corrected chi connectivity index (χ2v) is 6.39. The summed E-state index contributed by atoms with van der Waals surface area (Å²) in [7, 11) is 0. The summed E-state index contributed by atoms with van der Waals surface area (Å²) in [5.41, 5.74) is 1.25. The van der Waals surface area contributed by atoms with Crippen molar-refractivity contribution in [3.8, 4) is 0 Å². The first-order valence-electron chi connectivity index (χ1n) is 9.29. The molecule has 0 radical (unpaired) electrons. The summed E-state index contributed by atoms with van der Waals surface area (Å²) < 4.78 is 2.46. The molecule has 0 atom stereocenters. The van der Waals surface area contributed by atoms with Gasteiger partial charge in [-0.25, -0.2) is 13.9 Å². The van der Waals surface area contributed by atoms with E-state index in [9.17, 15) is 9.59 Å². The van der Waals surface area contributed by atoms with Crippen LogP contribution in [0.1, 0.15) is 6.92 Å². The van der Waals surface area contributed by atoms with Crippen molar-refractivity contribution in [3.05, 3.63) is 83.4 Å². The number of benzene rings is 2. The maximum Gasteiger partial charge on any atom is 0.352 e. The summed E-state index contributed by atoms with van der Waals surface area (Å²) in [6.07, 6.45) is 1.60. The molecule has 29 heavy (non-hydrogen) atoms. The molecule has 8 nitrogen and oxygen atoms in total. The quantitative estimate of drug-likeness (QED) is 0.549. The first-order chi connectivity index (χ1) is 14.2. The number of aromatic nitrogens is 4. The van der Waals surface area contributed by atoms with Crippen LogP contribution in [0.5, 0.6) is 0 Å². The Hall–Kier alpha value is -3.94. The number of carbonyl (C=O) groups excluding carboxylic acids is 1. The van der Waals surface area contributed by atoms with Crippen molar-refractivity contribution in [2.75, 3.05) is 16.8 Å². The van der Waals surface area contributed by atoms with Crippen LogP contribution in [-0.2, 0) is 11.3 Å². The molecule has 1 N–H and O–H groups in total. The monoisotopic (exact) mass is 388 g/mol. The van der Waals surface area contributed by atoms with E-state index in [4.69, 9.17) is 0 Å². The minimum absolute atomic E-state index is 0.160. The number of amides is 1. The van der Waals surface area contributed by atoms with Gasteiger partial charge in [-0.2, -0.15) is 4.98 Å². The Labute approximate surface area is 167 Å². The molecule has 0 fully saturated rings. The molecule has 0 bridgehead atoms. The van der Waals surface area contributed by atoms with Gasteiger partial charge >= 0.3 is 5.69 Å². The Kier molecular flexibility index (Phi) is 5.07. The van der Waals surface area contributed by atoms with Crippen LogP contribution in [0.25, 0.3) is 5.78 Å². The number of anilines is 3. The van der Waals surface area contributed by atoms with E-state index in [1.165, 1.54) is 4.40 Å². The van der Waals surface area contributed by atoms with Crippen LogP contribution in [0.15, 0.2) is 77.7 Å². The zero-order valence-corrected chi connectivity index (χ0v) is 15.9. The second kappa shape index (κ2) is 7.97. The number of carbonyl (C=O) groups is 1. The lowest BCUT2D eigenvalue weighted by Gasteiger charge is -2.20. The minimum Gasteiger partial charge on any atom is -0.340 e. The smallest absolute Gasteiger partial charge is 0.340 e. The maximum atomic E-state index is 12.8. The van der Waals surface area contributed by atoms with Crippen LogP contribution < -0.4 is 15.9 Å². The lowest BCUT2D eigenvalue weighted by atomic mass is 10.3. The number of hydrogen-bond donors (Lipinski definition) is 1. The van der Waals surface area contributed by atoms with E-state index in [1.807, 2.05) is 67.6 Å². The number of para-hydroxylation sites is 2. The Morgan fingerprint density at radius 2 is 1.72 bits per heavy atom. The normalized spacial score (nSPS) is 10.8. The Balaban J connectivity index is 1.58.